The Labute approximate surface area is 119 Å². The molecule has 0 radical (unpaired) electrons. The van der Waals surface area contributed by atoms with Crippen LogP contribution in [0.3, 0.4) is 0 Å². The molecular formula is C15H18ClFN2. The first-order chi connectivity index (χ1) is 8.66. The summed E-state index contributed by atoms with van der Waals surface area (Å²) >= 11 is 0. The summed E-state index contributed by atoms with van der Waals surface area (Å²) in [6.07, 6.45) is 0. The Hall–Kier alpha value is -1.61. The van der Waals surface area contributed by atoms with E-state index in [0.29, 0.717) is 17.9 Å². The average molecular weight is 281 g/mol. The van der Waals surface area contributed by atoms with Crippen molar-refractivity contribution in [2.45, 2.75) is 26.3 Å². The number of hydrogen-bond donors (Lipinski definition) is 1. The molecule has 0 amide bonds. The predicted octanol–water partition coefficient (Wildman–Crippen LogP) is 4.38. The van der Waals surface area contributed by atoms with Gasteiger partial charge in [0.05, 0.1) is 0 Å². The van der Waals surface area contributed by atoms with E-state index in [1.807, 2.05) is 50.2 Å². The number of pyridine rings is 1. The summed E-state index contributed by atoms with van der Waals surface area (Å²) in [5.41, 5.74) is 1.80. The molecule has 102 valence electrons. The highest BCUT2D eigenvalue weighted by atomic mass is 35.5. The van der Waals surface area contributed by atoms with Gasteiger partial charge in [-0.25, -0.2) is 4.98 Å². The Kier molecular flexibility index (Phi) is 5.77. The number of anilines is 1. The Morgan fingerprint density at radius 1 is 1.11 bits per heavy atom. The number of nitrogens with zero attached hydrogens (tertiary/aromatic N) is 1. The first-order valence-electron chi connectivity index (χ1n) is 6.11. The van der Waals surface area contributed by atoms with E-state index in [-0.39, 0.29) is 24.3 Å². The van der Waals surface area contributed by atoms with Gasteiger partial charge in [0, 0.05) is 12.1 Å². The van der Waals surface area contributed by atoms with Crippen molar-refractivity contribution in [3.05, 3.63) is 59.5 Å². The zero-order valence-electron chi connectivity index (χ0n) is 11.1. The zero-order valence-corrected chi connectivity index (χ0v) is 11.9. The number of halogens is 2. The number of aromatic nitrogens is 1. The second-order valence-electron chi connectivity index (χ2n) is 4.57. The van der Waals surface area contributed by atoms with Gasteiger partial charge in [-0.05, 0) is 17.5 Å². The summed E-state index contributed by atoms with van der Waals surface area (Å²) in [6.45, 7) is 4.56. The summed E-state index contributed by atoms with van der Waals surface area (Å²) in [5, 5.41) is 3.12. The second kappa shape index (κ2) is 7.10. The fourth-order valence-electron chi connectivity index (χ4n) is 1.76. The monoisotopic (exact) mass is 280 g/mol. The molecule has 1 heterocycles. The van der Waals surface area contributed by atoms with Crippen LogP contribution in [0.25, 0.3) is 0 Å². The lowest BCUT2D eigenvalue weighted by Crippen LogP contribution is -2.04. The largest absolute Gasteiger partial charge is 0.366 e. The molecule has 0 saturated carbocycles. The van der Waals surface area contributed by atoms with Gasteiger partial charge in [0.15, 0.2) is 0 Å². The van der Waals surface area contributed by atoms with E-state index in [0.717, 1.165) is 5.56 Å². The standard InChI is InChI=1S/C15H17FN2.ClH/c1-11(2)13-8-9-14(18-15(13)16)17-10-12-6-4-3-5-7-12;/h3-9,11H,10H2,1-2H3,(H,17,18);1H. The van der Waals surface area contributed by atoms with Crippen LogP contribution in [0, 0.1) is 5.95 Å². The van der Waals surface area contributed by atoms with Crippen molar-refractivity contribution >= 4 is 18.2 Å². The summed E-state index contributed by atoms with van der Waals surface area (Å²) < 4.78 is 13.7. The van der Waals surface area contributed by atoms with Gasteiger partial charge in [-0.1, -0.05) is 50.2 Å². The fourth-order valence-corrected chi connectivity index (χ4v) is 1.76. The van der Waals surface area contributed by atoms with Gasteiger partial charge in [-0.2, -0.15) is 4.39 Å². The lowest BCUT2D eigenvalue weighted by molar-refractivity contribution is 0.558. The highest BCUT2D eigenvalue weighted by Crippen LogP contribution is 2.18. The van der Waals surface area contributed by atoms with Crippen molar-refractivity contribution in [2.75, 3.05) is 5.32 Å². The van der Waals surface area contributed by atoms with Gasteiger partial charge in [0.1, 0.15) is 5.82 Å². The van der Waals surface area contributed by atoms with Crippen LogP contribution in [0.2, 0.25) is 0 Å². The molecule has 2 nitrogen and oxygen atoms in total. The molecule has 0 bridgehead atoms. The zero-order chi connectivity index (χ0) is 13.0. The van der Waals surface area contributed by atoms with Crippen LogP contribution in [0.1, 0.15) is 30.9 Å². The van der Waals surface area contributed by atoms with Crippen LogP contribution in [0.15, 0.2) is 42.5 Å². The molecule has 1 aromatic heterocycles. The third-order valence-electron chi connectivity index (χ3n) is 2.82. The van der Waals surface area contributed by atoms with Crippen LogP contribution >= 0.6 is 12.4 Å². The van der Waals surface area contributed by atoms with Gasteiger partial charge in [0.2, 0.25) is 5.95 Å². The molecule has 0 aliphatic rings. The minimum atomic E-state index is -0.386. The number of nitrogens with one attached hydrogen (secondary N) is 1. The van der Waals surface area contributed by atoms with Crippen molar-refractivity contribution in [3.63, 3.8) is 0 Å². The molecule has 0 atom stereocenters. The predicted molar refractivity (Wildman–Crippen MR) is 79.3 cm³/mol. The van der Waals surface area contributed by atoms with Crippen molar-refractivity contribution in [1.82, 2.24) is 4.98 Å². The molecule has 0 spiro atoms. The third-order valence-corrected chi connectivity index (χ3v) is 2.82. The van der Waals surface area contributed by atoms with Crippen molar-refractivity contribution in [3.8, 4) is 0 Å². The highest BCUT2D eigenvalue weighted by Gasteiger charge is 2.08. The minimum absolute atomic E-state index is 0. The maximum atomic E-state index is 13.7. The van der Waals surface area contributed by atoms with E-state index >= 15 is 0 Å². The molecule has 4 heteroatoms. The van der Waals surface area contributed by atoms with Crippen molar-refractivity contribution < 1.29 is 4.39 Å². The van der Waals surface area contributed by atoms with Gasteiger partial charge in [-0.3, -0.25) is 0 Å². The summed E-state index contributed by atoms with van der Waals surface area (Å²) in [5.74, 6) is 0.337. The highest BCUT2D eigenvalue weighted by molar-refractivity contribution is 5.85. The molecule has 1 N–H and O–H groups in total. The third kappa shape index (κ3) is 4.21. The Morgan fingerprint density at radius 3 is 2.37 bits per heavy atom. The van der Waals surface area contributed by atoms with Gasteiger partial charge in [-0.15, -0.1) is 12.4 Å². The van der Waals surface area contributed by atoms with E-state index in [9.17, 15) is 4.39 Å². The fraction of sp³-hybridized carbons (Fsp3) is 0.267. The van der Waals surface area contributed by atoms with Gasteiger partial charge in [0.25, 0.3) is 0 Å². The molecule has 0 saturated heterocycles. The molecule has 0 aliphatic heterocycles. The summed E-state index contributed by atoms with van der Waals surface area (Å²) in [4.78, 5) is 3.93. The lowest BCUT2D eigenvalue weighted by Gasteiger charge is -2.09. The number of rotatable bonds is 4. The van der Waals surface area contributed by atoms with Crippen molar-refractivity contribution in [1.29, 1.82) is 0 Å². The maximum absolute atomic E-state index is 13.7. The SMILES string of the molecule is CC(C)c1ccc(NCc2ccccc2)nc1F.Cl. The Balaban J connectivity index is 0.00000180. The molecule has 2 rings (SSSR count). The van der Waals surface area contributed by atoms with E-state index in [4.69, 9.17) is 0 Å². The van der Waals surface area contributed by atoms with Crippen LogP contribution < -0.4 is 5.32 Å². The second-order valence-corrected chi connectivity index (χ2v) is 4.57. The molecule has 2 aromatic rings. The summed E-state index contributed by atoms with van der Waals surface area (Å²) in [7, 11) is 0. The molecule has 19 heavy (non-hydrogen) atoms. The minimum Gasteiger partial charge on any atom is -0.366 e. The molecule has 0 fully saturated rings. The molecular weight excluding hydrogens is 263 g/mol. The van der Waals surface area contributed by atoms with Crippen molar-refractivity contribution in [2.24, 2.45) is 0 Å². The molecule has 1 aromatic carbocycles. The summed E-state index contributed by atoms with van der Waals surface area (Å²) in [6, 6.07) is 13.6. The number of hydrogen-bond acceptors (Lipinski definition) is 2. The molecule has 0 unspecified atom stereocenters. The van der Waals surface area contributed by atoms with E-state index in [1.165, 1.54) is 0 Å². The van der Waals surface area contributed by atoms with Crippen LogP contribution in [-0.4, -0.2) is 4.98 Å². The van der Waals surface area contributed by atoms with Gasteiger partial charge >= 0.3 is 0 Å². The van der Waals surface area contributed by atoms with E-state index in [1.54, 1.807) is 6.07 Å². The lowest BCUT2D eigenvalue weighted by atomic mass is 10.1. The smallest absolute Gasteiger partial charge is 0.218 e. The average Bonchev–Trinajstić information content (AvgIpc) is 2.37. The first-order valence-corrected chi connectivity index (χ1v) is 6.11. The van der Waals surface area contributed by atoms with Crippen LogP contribution in [-0.2, 0) is 6.54 Å². The quantitative estimate of drug-likeness (QED) is 0.841. The molecule has 0 aliphatic carbocycles. The number of benzene rings is 1. The first kappa shape index (κ1) is 15.4. The van der Waals surface area contributed by atoms with E-state index < -0.39 is 0 Å². The Morgan fingerprint density at radius 2 is 1.79 bits per heavy atom. The topological polar surface area (TPSA) is 24.9 Å². The Bertz CT molecular complexity index is 515. The van der Waals surface area contributed by atoms with Crippen LogP contribution in [0.4, 0.5) is 10.2 Å². The van der Waals surface area contributed by atoms with E-state index in [2.05, 4.69) is 10.3 Å². The van der Waals surface area contributed by atoms with Gasteiger partial charge < -0.3 is 5.32 Å². The van der Waals surface area contributed by atoms with Crippen LogP contribution in [0.5, 0.6) is 0 Å². The maximum Gasteiger partial charge on any atom is 0.218 e. The normalized spacial score (nSPS) is 10.1.